The van der Waals surface area contributed by atoms with Crippen LogP contribution in [-0.4, -0.2) is 26.8 Å². The van der Waals surface area contributed by atoms with E-state index in [1.54, 1.807) is 35.2 Å². The molecule has 0 spiro atoms. The molecule has 0 aliphatic carbocycles. The lowest BCUT2D eigenvalue weighted by molar-refractivity contribution is -0.138. The van der Waals surface area contributed by atoms with Crippen molar-refractivity contribution in [1.82, 2.24) is 4.57 Å². The lowest BCUT2D eigenvalue weighted by Crippen LogP contribution is -2.32. The Morgan fingerprint density at radius 2 is 2.00 bits per heavy atom. The van der Waals surface area contributed by atoms with E-state index in [4.69, 9.17) is 10.8 Å². The zero-order chi connectivity index (χ0) is 13.1. The normalized spacial score (nSPS) is 12.3. The molecule has 0 saturated heterocycles. The number of hydrogen-bond acceptors (Lipinski definition) is 3. The second-order valence-electron chi connectivity index (χ2n) is 4.06. The van der Waals surface area contributed by atoms with Crippen LogP contribution in [0.25, 0.3) is 5.69 Å². The van der Waals surface area contributed by atoms with Crippen molar-refractivity contribution >= 4 is 5.97 Å². The van der Waals surface area contributed by atoms with Gasteiger partial charge in [-0.15, -0.1) is 0 Å². The van der Waals surface area contributed by atoms with Crippen molar-refractivity contribution in [3.05, 3.63) is 48.3 Å². The SMILES string of the molecule is NC(Cc1ccc(O)c(-n2cccc2)c1)C(=O)O. The molecule has 94 valence electrons. The van der Waals surface area contributed by atoms with Crippen LogP contribution in [0.2, 0.25) is 0 Å². The Kier molecular flexibility index (Phi) is 3.34. The topological polar surface area (TPSA) is 88.5 Å². The number of carboxylic acid groups (broad SMARTS) is 1. The number of nitrogens with two attached hydrogens (primary N) is 1. The predicted octanol–water partition coefficient (Wildman–Crippen LogP) is 1.14. The molecule has 0 aliphatic heterocycles. The Balaban J connectivity index is 2.30. The number of aliphatic carboxylic acids is 1. The van der Waals surface area contributed by atoms with Gasteiger partial charge in [-0.1, -0.05) is 6.07 Å². The fraction of sp³-hybridized carbons (Fsp3) is 0.154. The van der Waals surface area contributed by atoms with Crippen molar-refractivity contribution in [2.75, 3.05) is 0 Å². The Labute approximate surface area is 104 Å². The van der Waals surface area contributed by atoms with E-state index in [0.717, 1.165) is 5.56 Å². The molecule has 2 rings (SSSR count). The molecular formula is C13H14N2O3. The van der Waals surface area contributed by atoms with Gasteiger partial charge in [-0.2, -0.15) is 0 Å². The predicted molar refractivity (Wildman–Crippen MR) is 66.7 cm³/mol. The van der Waals surface area contributed by atoms with Gasteiger partial charge in [0.15, 0.2) is 0 Å². The molecule has 4 N–H and O–H groups in total. The first-order valence-electron chi connectivity index (χ1n) is 5.51. The largest absolute Gasteiger partial charge is 0.506 e. The minimum Gasteiger partial charge on any atom is -0.506 e. The summed E-state index contributed by atoms with van der Waals surface area (Å²) in [6.45, 7) is 0. The van der Waals surface area contributed by atoms with Crippen molar-refractivity contribution in [2.45, 2.75) is 12.5 Å². The van der Waals surface area contributed by atoms with E-state index in [-0.39, 0.29) is 12.2 Å². The number of hydrogen-bond donors (Lipinski definition) is 3. The van der Waals surface area contributed by atoms with Gasteiger partial charge in [0.2, 0.25) is 0 Å². The summed E-state index contributed by atoms with van der Waals surface area (Å²) in [5.41, 5.74) is 6.86. The minimum atomic E-state index is -1.04. The molecule has 0 fully saturated rings. The summed E-state index contributed by atoms with van der Waals surface area (Å²) < 4.78 is 1.76. The van der Waals surface area contributed by atoms with E-state index in [1.807, 2.05) is 12.1 Å². The van der Waals surface area contributed by atoms with Gasteiger partial charge < -0.3 is 20.5 Å². The number of aromatic hydroxyl groups is 1. The molecular weight excluding hydrogens is 232 g/mol. The molecule has 0 saturated carbocycles. The monoisotopic (exact) mass is 246 g/mol. The van der Waals surface area contributed by atoms with Crippen LogP contribution in [0.1, 0.15) is 5.56 Å². The number of phenols is 1. The zero-order valence-corrected chi connectivity index (χ0v) is 9.65. The molecule has 1 atom stereocenters. The number of rotatable bonds is 4. The van der Waals surface area contributed by atoms with Gasteiger partial charge in [-0.05, 0) is 36.2 Å². The van der Waals surface area contributed by atoms with E-state index in [9.17, 15) is 9.90 Å². The van der Waals surface area contributed by atoms with Gasteiger partial charge in [-0.25, -0.2) is 0 Å². The van der Waals surface area contributed by atoms with Gasteiger partial charge in [-0.3, -0.25) is 4.79 Å². The van der Waals surface area contributed by atoms with Crippen LogP contribution >= 0.6 is 0 Å². The van der Waals surface area contributed by atoms with Crippen LogP contribution in [0.4, 0.5) is 0 Å². The minimum absolute atomic E-state index is 0.138. The second kappa shape index (κ2) is 4.93. The van der Waals surface area contributed by atoms with Gasteiger partial charge >= 0.3 is 5.97 Å². The van der Waals surface area contributed by atoms with E-state index in [0.29, 0.717) is 5.69 Å². The van der Waals surface area contributed by atoms with Gasteiger partial charge in [0.1, 0.15) is 11.8 Å². The van der Waals surface area contributed by atoms with Crippen molar-refractivity contribution < 1.29 is 15.0 Å². The second-order valence-corrected chi connectivity index (χ2v) is 4.06. The van der Waals surface area contributed by atoms with E-state index in [2.05, 4.69) is 0 Å². The molecule has 0 bridgehead atoms. The van der Waals surface area contributed by atoms with Crippen molar-refractivity contribution in [2.24, 2.45) is 5.73 Å². The summed E-state index contributed by atoms with van der Waals surface area (Å²) in [7, 11) is 0. The number of carboxylic acids is 1. The first-order valence-corrected chi connectivity index (χ1v) is 5.51. The molecule has 1 aromatic heterocycles. The average Bonchev–Trinajstić information content (AvgIpc) is 2.85. The summed E-state index contributed by atoms with van der Waals surface area (Å²) in [6, 6.07) is 7.69. The highest BCUT2D eigenvalue weighted by Gasteiger charge is 2.13. The Bertz CT molecular complexity index is 549. The number of carbonyl (C=O) groups is 1. The summed E-state index contributed by atoms with van der Waals surface area (Å²) in [6.07, 6.45) is 3.83. The molecule has 2 aromatic rings. The third-order valence-corrected chi connectivity index (χ3v) is 2.70. The highest BCUT2D eigenvalue weighted by Crippen LogP contribution is 2.23. The maximum absolute atomic E-state index is 10.7. The molecule has 0 amide bonds. The smallest absolute Gasteiger partial charge is 0.320 e. The lowest BCUT2D eigenvalue weighted by Gasteiger charge is -2.10. The summed E-state index contributed by atoms with van der Waals surface area (Å²) in [5, 5.41) is 18.6. The Hall–Kier alpha value is -2.27. The fourth-order valence-electron chi connectivity index (χ4n) is 1.74. The Morgan fingerprint density at radius 1 is 1.33 bits per heavy atom. The molecule has 1 heterocycles. The van der Waals surface area contributed by atoms with Crippen LogP contribution in [0.5, 0.6) is 5.75 Å². The third-order valence-electron chi connectivity index (χ3n) is 2.70. The van der Waals surface area contributed by atoms with Gasteiger partial charge in [0, 0.05) is 12.4 Å². The van der Waals surface area contributed by atoms with Crippen molar-refractivity contribution in [1.29, 1.82) is 0 Å². The summed E-state index contributed by atoms with van der Waals surface area (Å²) in [5.74, 6) is -0.899. The quantitative estimate of drug-likeness (QED) is 0.754. The van der Waals surface area contributed by atoms with Crippen LogP contribution in [0.15, 0.2) is 42.7 Å². The first kappa shape index (κ1) is 12.2. The maximum Gasteiger partial charge on any atom is 0.320 e. The number of nitrogens with zero attached hydrogens (tertiary/aromatic N) is 1. The fourth-order valence-corrected chi connectivity index (χ4v) is 1.74. The Morgan fingerprint density at radius 3 is 2.61 bits per heavy atom. The van der Waals surface area contributed by atoms with Crippen LogP contribution in [-0.2, 0) is 11.2 Å². The molecule has 0 aliphatic rings. The lowest BCUT2D eigenvalue weighted by atomic mass is 10.1. The van der Waals surface area contributed by atoms with Crippen LogP contribution in [0.3, 0.4) is 0 Å². The van der Waals surface area contributed by atoms with Crippen LogP contribution < -0.4 is 5.73 Å². The van der Waals surface area contributed by atoms with Gasteiger partial charge in [0.05, 0.1) is 5.69 Å². The number of benzene rings is 1. The number of aromatic nitrogens is 1. The standard InChI is InChI=1S/C13H14N2O3/c14-10(13(17)18)7-9-3-4-12(16)11(8-9)15-5-1-2-6-15/h1-6,8,10,16H,7,14H2,(H,17,18). The third kappa shape index (κ3) is 2.52. The van der Waals surface area contributed by atoms with Crippen LogP contribution in [0, 0.1) is 0 Å². The van der Waals surface area contributed by atoms with Gasteiger partial charge in [0.25, 0.3) is 0 Å². The summed E-state index contributed by atoms with van der Waals surface area (Å²) in [4.78, 5) is 10.7. The van der Waals surface area contributed by atoms with Crippen molar-refractivity contribution in [3.8, 4) is 11.4 Å². The highest BCUT2D eigenvalue weighted by atomic mass is 16.4. The summed E-state index contributed by atoms with van der Waals surface area (Å²) >= 11 is 0. The van der Waals surface area contributed by atoms with E-state index < -0.39 is 12.0 Å². The highest BCUT2D eigenvalue weighted by molar-refractivity contribution is 5.73. The number of phenolic OH excluding ortho intramolecular Hbond substituents is 1. The first-order chi connectivity index (χ1) is 8.58. The molecule has 5 heteroatoms. The zero-order valence-electron chi connectivity index (χ0n) is 9.65. The van der Waals surface area contributed by atoms with Crippen molar-refractivity contribution in [3.63, 3.8) is 0 Å². The molecule has 1 aromatic carbocycles. The average molecular weight is 246 g/mol. The molecule has 5 nitrogen and oxygen atoms in total. The molecule has 1 unspecified atom stereocenters. The molecule has 18 heavy (non-hydrogen) atoms. The molecule has 0 radical (unpaired) electrons. The maximum atomic E-state index is 10.7. The van der Waals surface area contributed by atoms with E-state index in [1.165, 1.54) is 0 Å². The van der Waals surface area contributed by atoms with E-state index >= 15 is 0 Å².